The van der Waals surface area contributed by atoms with Crippen molar-refractivity contribution < 1.29 is 0 Å². The molecule has 0 bridgehead atoms. The third kappa shape index (κ3) is 4.10. The standard InChI is InChI=1S/C11H24N2/c1-3-5-9-13(4-2)10-11-7-6-8-12-11/h11-12H,3-10H2,1-2H3/t11-/m1/s1. The van der Waals surface area contributed by atoms with Crippen LogP contribution in [0.5, 0.6) is 0 Å². The second-order valence-electron chi connectivity index (χ2n) is 4.04. The van der Waals surface area contributed by atoms with E-state index in [1.165, 1.54) is 51.9 Å². The summed E-state index contributed by atoms with van der Waals surface area (Å²) < 4.78 is 0. The summed E-state index contributed by atoms with van der Waals surface area (Å²) in [4.78, 5) is 2.58. The monoisotopic (exact) mass is 184 g/mol. The molecule has 1 aliphatic heterocycles. The Hall–Kier alpha value is -0.0800. The van der Waals surface area contributed by atoms with Crippen molar-refractivity contribution in [2.45, 2.75) is 45.6 Å². The number of likely N-dealkylation sites (N-methyl/N-ethyl adjacent to an activating group) is 1. The highest BCUT2D eigenvalue weighted by atomic mass is 15.1. The van der Waals surface area contributed by atoms with Gasteiger partial charge in [0.2, 0.25) is 0 Å². The van der Waals surface area contributed by atoms with Crippen LogP contribution in [0.25, 0.3) is 0 Å². The minimum Gasteiger partial charge on any atom is -0.313 e. The molecule has 0 spiro atoms. The fourth-order valence-electron chi connectivity index (χ4n) is 1.98. The van der Waals surface area contributed by atoms with E-state index in [0.29, 0.717) is 0 Å². The third-order valence-corrected chi connectivity index (χ3v) is 2.92. The van der Waals surface area contributed by atoms with Crippen LogP contribution in [0.3, 0.4) is 0 Å². The van der Waals surface area contributed by atoms with Crippen molar-refractivity contribution in [1.29, 1.82) is 0 Å². The zero-order valence-electron chi connectivity index (χ0n) is 9.18. The maximum atomic E-state index is 3.56. The first-order valence-corrected chi connectivity index (χ1v) is 5.82. The van der Waals surface area contributed by atoms with Crippen molar-refractivity contribution >= 4 is 0 Å². The SMILES string of the molecule is CCCCN(CC)C[C@H]1CCCN1. The van der Waals surface area contributed by atoms with Crippen molar-refractivity contribution in [2.75, 3.05) is 26.2 Å². The van der Waals surface area contributed by atoms with Gasteiger partial charge >= 0.3 is 0 Å². The van der Waals surface area contributed by atoms with Crippen LogP contribution >= 0.6 is 0 Å². The number of nitrogens with one attached hydrogen (secondary N) is 1. The summed E-state index contributed by atoms with van der Waals surface area (Å²) in [5.41, 5.74) is 0. The lowest BCUT2D eigenvalue weighted by atomic mass is 10.2. The molecule has 0 aromatic rings. The Bertz CT molecular complexity index is 119. The van der Waals surface area contributed by atoms with Gasteiger partial charge in [-0.1, -0.05) is 20.3 Å². The molecule has 1 heterocycles. The van der Waals surface area contributed by atoms with Gasteiger partial charge in [-0.25, -0.2) is 0 Å². The molecule has 1 atom stereocenters. The Morgan fingerprint density at radius 2 is 2.23 bits per heavy atom. The van der Waals surface area contributed by atoms with Gasteiger partial charge in [0, 0.05) is 12.6 Å². The number of rotatable bonds is 6. The van der Waals surface area contributed by atoms with Crippen molar-refractivity contribution in [3.05, 3.63) is 0 Å². The number of hydrogen-bond acceptors (Lipinski definition) is 2. The second-order valence-corrected chi connectivity index (χ2v) is 4.04. The molecule has 1 rings (SSSR count). The van der Waals surface area contributed by atoms with Crippen molar-refractivity contribution in [1.82, 2.24) is 10.2 Å². The molecule has 1 N–H and O–H groups in total. The first-order valence-electron chi connectivity index (χ1n) is 5.82. The molecular weight excluding hydrogens is 160 g/mol. The fraction of sp³-hybridized carbons (Fsp3) is 1.00. The molecule has 13 heavy (non-hydrogen) atoms. The van der Waals surface area contributed by atoms with E-state index < -0.39 is 0 Å². The molecular formula is C11H24N2. The van der Waals surface area contributed by atoms with E-state index >= 15 is 0 Å². The van der Waals surface area contributed by atoms with Crippen molar-refractivity contribution in [3.8, 4) is 0 Å². The summed E-state index contributed by atoms with van der Waals surface area (Å²) in [6, 6.07) is 0.775. The lowest BCUT2D eigenvalue weighted by molar-refractivity contribution is 0.257. The van der Waals surface area contributed by atoms with Crippen molar-refractivity contribution in [3.63, 3.8) is 0 Å². The van der Waals surface area contributed by atoms with Gasteiger partial charge in [0.05, 0.1) is 0 Å². The summed E-state index contributed by atoms with van der Waals surface area (Å²) in [7, 11) is 0. The normalized spacial score (nSPS) is 22.8. The van der Waals surface area contributed by atoms with Gasteiger partial charge in [-0.2, -0.15) is 0 Å². The van der Waals surface area contributed by atoms with Gasteiger partial charge < -0.3 is 10.2 Å². The Balaban J connectivity index is 2.13. The molecule has 1 aliphatic rings. The second kappa shape index (κ2) is 6.39. The molecule has 0 radical (unpaired) electrons. The van der Waals surface area contributed by atoms with Gasteiger partial charge in [-0.05, 0) is 38.9 Å². The van der Waals surface area contributed by atoms with Gasteiger partial charge in [0.15, 0.2) is 0 Å². The summed E-state index contributed by atoms with van der Waals surface area (Å²) in [6.07, 6.45) is 5.41. The van der Waals surface area contributed by atoms with Gasteiger partial charge in [0.25, 0.3) is 0 Å². The summed E-state index contributed by atoms with van der Waals surface area (Å²) in [5, 5.41) is 3.56. The lowest BCUT2D eigenvalue weighted by Crippen LogP contribution is -2.37. The van der Waals surface area contributed by atoms with Crippen LogP contribution in [0, 0.1) is 0 Å². The van der Waals surface area contributed by atoms with E-state index in [4.69, 9.17) is 0 Å². The molecule has 1 saturated heterocycles. The largest absolute Gasteiger partial charge is 0.313 e. The predicted molar refractivity (Wildman–Crippen MR) is 58.0 cm³/mol. The van der Waals surface area contributed by atoms with Crippen molar-refractivity contribution in [2.24, 2.45) is 0 Å². The topological polar surface area (TPSA) is 15.3 Å². The highest BCUT2D eigenvalue weighted by Gasteiger charge is 2.16. The molecule has 1 fully saturated rings. The molecule has 2 nitrogen and oxygen atoms in total. The zero-order valence-corrected chi connectivity index (χ0v) is 9.18. The number of hydrogen-bond donors (Lipinski definition) is 1. The van der Waals surface area contributed by atoms with E-state index in [1.54, 1.807) is 0 Å². The van der Waals surface area contributed by atoms with E-state index in [0.717, 1.165) is 6.04 Å². The summed E-state index contributed by atoms with van der Waals surface area (Å²) in [5.74, 6) is 0. The van der Waals surface area contributed by atoms with E-state index in [2.05, 4.69) is 24.1 Å². The highest BCUT2D eigenvalue weighted by molar-refractivity contribution is 4.77. The average molecular weight is 184 g/mol. The third-order valence-electron chi connectivity index (χ3n) is 2.92. The van der Waals surface area contributed by atoms with Crippen LogP contribution in [0.4, 0.5) is 0 Å². The maximum absolute atomic E-state index is 3.56. The lowest BCUT2D eigenvalue weighted by Gasteiger charge is -2.23. The van der Waals surface area contributed by atoms with Crippen LogP contribution in [0.2, 0.25) is 0 Å². The Morgan fingerprint density at radius 3 is 2.77 bits per heavy atom. The van der Waals surface area contributed by atoms with E-state index in [1.807, 2.05) is 0 Å². The molecule has 0 amide bonds. The van der Waals surface area contributed by atoms with Gasteiger partial charge in [-0.15, -0.1) is 0 Å². The molecule has 0 aromatic carbocycles. The van der Waals surface area contributed by atoms with E-state index in [9.17, 15) is 0 Å². The first-order chi connectivity index (χ1) is 6.36. The molecule has 0 aliphatic carbocycles. The van der Waals surface area contributed by atoms with Gasteiger partial charge in [0.1, 0.15) is 0 Å². The number of nitrogens with zero attached hydrogens (tertiary/aromatic N) is 1. The molecule has 78 valence electrons. The quantitative estimate of drug-likeness (QED) is 0.678. The molecule has 0 unspecified atom stereocenters. The van der Waals surface area contributed by atoms with Crippen LogP contribution in [-0.2, 0) is 0 Å². The number of unbranched alkanes of at least 4 members (excludes halogenated alkanes) is 1. The maximum Gasteiger partial charge on any atom is 0.0195 e. The fourth-order valence-corrected chi connectivity index (χ4v) is 1.98. The Labute approximate surface area is 82.7 Å². The molecule has 0 saturated carbocycles. The Kier molecular flexibility index (Phi) is 5.40. The van der Waals surface area contributed by atoms with Crippen LogP contribution in [0.15, 0.2) is 0 Å². The predicted octanol–water partition coefficient (Wildman–Crippen LogP) is 1.86. The molecule has 2 heteroatoms. The minimum absolute atomic E-state index is 0.775. The zero-order chi connectivity index (χ0) is 9.52. The highest BCUT2D eigenvalue weighted by Crippen LogP contribution is 2.07. The van der Waals surface area contributed by atoms with E-state index in [-0.39, 0.29) is 0 Å². The van der Waals surface area contributed by atoms with Crippen LogP contribution in [-0.4, -0.2) is 37.1 Å². The van der Waals surface area contributed by atoms with Crippen LogP contribution in [0.1, 0.15) is 39.5 Å². The molecule has 0 aromatic heterocycles. The first kappa shape index (κ1) is 11.0. The smallest absolute Gasteiger partial charge is 0.0195 e. The summed E-state index contributed by atoms with van der Waals surface area (Å²) >= 11 is 0. The van der Waals surface area contributed by atoms with Crippen LogP contribution < -0.4 is 5.32 Å². The summed E-state index contributed by atoms with van der Waals surface area (Å²) in [6.45, 7) is 9.52. The average Bonchev–Trinajstić information content (AvgIpc) is 2.64. The minimum atomic E-state index is 0.775. The van der Waals surface area contributed by atoms with Gasteiger partial charge in [-0.3, -0.25) is 0 Å². The Morgan fingerprint density at radius 1 is 1.38 bits per heavy atom.